The van der Waals surface area contributed by atoms with Crippen molar-refractivity contribution >= 4 is 22.9 Å². The minimum atomic E-state index is 0.718. The Morgan fingerprint density at radius 1 is 0.950 bits per heavy atom. The van der Waals surface area contributed by atoms with E-state index < -0.39 is 0 Å². The van der Waals surface area contributed by atoms with Crippen LogP contribution in [0.5, 0.6) is 0 Å². The first-order valence-corrected chi connectivity index (χ1v) is 6.45. The van der Waals surface area contributed by atoms with Crippen molar-refractivity contribution in [1.82, 2.24) is 4.98 Å². The van der Waals surface area contributed by atoms with Crippen molar-refractivity contribution in [2.75, 3.05) is 19.0 Å². The van der Waals surface area contributed by atoms with Crippen LogP contribution in [0.1, 0.15) is 10.4 Å². The molecule has 0 amide bonds. The van der Waals surface area contributed by atoms with Crippen LogP contribution >= 0.6 is 0 Å². The van der Waals surface area contributed by atoms with Gasteiger partial charge in [-0.1, -0.05) is 18.2 Å². The SMILES string of the molecule is CN(C)c1ccc(C=O)cc1.c1ccc2[nH]ccc2c1. The second-order valence-corrected chi connectivity index (χ2v) is 4.67. The third-order valence-corrected chi connectivity index (χ3v) is 3.01. The van der Waals surface area contributed by atoms with Crippen molar-refractivity contribution < 1.29 is 4.79 Å². The third kappa shape index (κ3) is 3.48. The summed E-state index contributed by atoms with van der Waals surface area (Å²) in [5.74, 6) is 0. The molecule has 0 aliphatic rings. The van der Waals surface area contributed by atoms with Gasteiger partial charge in [0.2, 0.25) is 0 Å². The molecule has 3 aromatic rings. The maximum Gasteiger partial charge on any atom is 0.150 e. The number of carbonyl (C=O) groups is 1. The van der Waals surface area contributed by atoms with Gasteiger partial charge in [-0.15, -0.1) is 0 Å². The van der Waals surface area contributed by atoms with E-state index in [1.807, 2.05) is 61.6 Å². The molecule has 1 N–H and O–H groups in total. The van der Waals surface area contributed by atoms with Gasteiger partial charge in [-0.05, 0) is 41.8 Å². The largest absolute Gasteiger partial charge is 0.378 e. The molecule has 20 heavy (non-hydrogen) atoms. The van der Waals surface area contributed by atoms with Crippen LogP contribution in [0.4, 0.5) is 5.69 Å². The summed E-state index contributed by atoms with van der Waals surface area (Å²) in [6.07, 6.45) is 2.80. The second kappa shape index (κ2) is 6.57. The first-order chi connectivity index (χ1) is 9.70. The molecule has 0 aliphatic carbocycles. The average molecular weight is 266 g/mol. The lowest BCUT2D eigenvalue weighted by Crippen LogP contribution is -2.08. The van der Waals surface area contributed by atoms with Crippen LogP contribution in [0.2, 0.25) is 0 Å². The van der Waals surface area contributed by atoms with Crippen molar-refractivity contribution in [3.8, 4) is 0 Å². The molecule has 0 fully saturated rings. The third-order valence-electron chi connectivity index (χ3n) is 3.01. The van der Waals surface area contributed by atoms with Crippen molar-refractivity contribution in [2.24, 2.45) is 0 Å². The van der Waals surface area contributed by atoms with Crippen molar-refractivity contribution in [3.63, 3.8) is 0 Å². The van der Waals surface area contributed by atoms with Crippen molar-refractivity contribution in [2.45, 2.75) is 0 Å². The van der Waals surface area contributed by atoms with Crippen molar-refractivity contribution in [1.29, 1.82) is 0 Å². The Hall–Kier alpha value is -2.55. The van der Waals surface area contributed by atoms with Gasteiger partial charge < -0.3 is 9.88 Å². The summed E-state index contributed by atoms with van der Waals surface area (Å²) in [6.45, 7) is 0. The van der Waals surface area contributed by atoms with Crippen LogP contribution in [-0.4, -0.2) is 25.4 Å². The standard InChI is InChI=1S/C9H11NO.C8H7N/c1-10(2)9-5-3-8(7-11)4-6-9;1-2-4-8-7(3-1)5-6-9-8/h3-7H,1-2H3;1-6,9H. The number of rotatable bonds is 2. The van der Waals surface area contributed by atoms with E-state index in [0.29, 0.717) is 0 Å². The van der Waals surface area contributed by atoms with Gasteiger partial charge in [-0.2, -0.15) is 0 Å². The minimum Gasteiger partial charge on any atom is -0.378 e. The van der Waals surface area contributed by atoms with Crippen LogP contribution in [0.3, 0.4) is 0 Å². The van der Waals surface area contributed by atoms with E-state index in [-0.39, 0.29) is 0 Å². The summed E-state index contributed by atoms with van der Waals surface area (Å²) >= 11 is 0. The van der Waals surface area contributed by atoms with E-state index in [2.05, 4.69) is 23.2 Å². The number of fused-ring (bicyclic) bond motifs is 1. The van der Waals surface area contributed by atoms with Crippen molar-refractivity contribution in [3.05, 3.63) is 66.4 Å². The Kier molecular flexibility index (Phi) is 4.56. The van der Waals surface area contributed by atoms with Crippen LogP contribution < -0.4 is 4.90 Å². The van der Waals surface area contributed by atoms with E-state index in [0.717, 1.165) is 17.5 Å². The molecule has 0 bridgehead atoms. The minimum absolute atomic E-state index is 0.718. The molecule has 3 nitrogen and oxygen atoms in total. The fourth-order valence-corrected chi connectivity index (χ4v) is 1.85. The Balaban J connectivity index is 0.000000149. The van der Waals surface area contributed by atoms with Gasteiger partial charge in [0.15, 0.2) is 0 Å². The van der Waals surface area contributed by atoms with Gasteiger partial charge in [0.25, 0.3) is 0 Å². The summed E-state index contributed by atoms with van der Waals surface area (Å²) in [4.78, 5) is 15.4. The summed E-state index contributed by atoms with van der Waals surface area (Å²) in [7, 11) is 3.94. The highest BCUT2D eigenvalue weighted by Crippen LogP contribution is 2.10. The van der Waals surface area contributed by atoms with Gasteiger partial charge in [0.05, 0.1) is 0 Å². The monoisotopic (exact) mass is 266 g/mol. The maximum atomic E-state index is 10.3. The first-order valence-electron chi connectivity index (χ1n) is 6.45. The molecule has 3 rings (SSSR count). The molecule has 102 valence electrons. The van der Waals surface area contributed by atoms with Crippen LogP contribution in [0.25, 0.3) is 10.9 Å². The lowest BCUT2D eigenvalue weighted by atomic mass is 10.2. The molecule has 0 aliphatic heterocycles. The highest BCUT2D eigenvalue weighted by Gasteiger charge is 1.93. The lowest BCUT2D eigenvalue weighted by molar-refractivity contribution is 0.112. The van der Waals surface area contributed by atoms with Gasteiger partial charge in [0, 0.05) is 37.1 Å². The molecule has 0 spiro atoms. The number of nitrogens with zero attached hydrogens (tertiary/aromatic N) is 1. The molecule has 2 aromatic carbocycles. The van der Waals surface area contributed by atoms with E-state index in [4.69, 9.17) is 0 Å². The zero-order chi connectivity index (χ0) is 14.4. The summed E-state index contributed by atoms with van der Waals surface area (Å²) in [5.41, 5.74) is 3.03. The number of carbonyl (C=O) groups excluding carboxylic acids is 1. The Labute approximate surface area is 118 Å². The van der Waals surface area contributed by atoms with E-state index in [1.165, 1.54) is 10.9 Å². The Morgan fingerprint density at radius 3 is 2.25 bits per heavy atom. The highest BCUT2D eigenvalue weighted by molar-refractivity contribution is 5.78. The number of aldehydes is 1. The van der Waals surface area contributed by atoms with E-state index in [9.17, 15) is 4.79 Å². The predicted molar refractivity (Wildman–Crippen MR) is 84.5 cm³/mol. The zero-order valence-corrected chi connectivity index (χ0v) is 11.7. The Bertz CT molecular complexity index is 639. The second-order valence-electron chi connectivity index (χ2n) is 4.67. The quantitative estimate of drug-likeness (QED) is 0.717. The molecule has 3 heteroatoms. The fraction of sp³-hybridized carbons (Fsp3) is 0.118. The number of para-hydroxylation sites is 1. The summed E-state index contributed by atoms with van der Waals surface area (Å²) < 4.78 is 0. The Morgan fingerprint density at radius 2 is 1.65 bits per heavy atom. The fourth-order valence-electron chi connectivity index (χ4n) is 1.85. The molecule has 0 saturated heterocycles. The number of anilines is 1. The van der Waals surface area contributed by atoms with Gasteiger partial charge in [0.1, 0.15) is 6.29 Å². The topological polar surface area (TPSA) is 36.1 Å². The first kappa shape index (κ1) is 13.9. The molecular weight excluding hydrogens is 248 g/mol. The van der Waals surface area contributed by atoms with Crippen LogP contribution in [-0.2, 0) is 0 Å². The normalized spacial score (nSPS) is 9.70. The molecule has 0 unspecified atom stereocenters. The average Bonchev–Trinajstić information content (AvgIpc) is 2.96. The lowest BCUT2D eigenvalue weighted by Gasteiger charge is -2.11. The van der Waals surface area contributed by atoms with Crippen LogP contribution in [0, 0.1) is 0 Å². The zero-order valence-electron chi connectivity index (χ0n) is 11.7. The molecule has 0 saturated carbocycles. The van der Waals surface area contributed by atoms with Crippen LogP contribution in [0.15, 0.2) is 60.8 Å². The number of H-pyrrole nitrogens is 1. The number of hydrogen-bond acceptors (Lipinski definition) is 2. The molecular formula is C17H18N2O. The molecule has 1 heterocycles. The van der Waals surface area contributed by atoms with E-state index >= 15 is 0 Å². The predicted octanol–water partition coefficient (Wildman–Crippen LogP) is 3.73. The summed E-state index contributed by atoms with van der Waals surface area (Å²) in [5, 5.41) is 1.28. The van der Waals surface area contributed by atoms with E-state index in [1.54, 1.807) is 0 Å². The molecule has 0 atom stereocenters. The smallest absolute Gasteiger partial charge is 0.150 e. The highest BCUT2D eigenvalue weighted by atomic mass is 16.1. The summed E-state index contributed by atoms with van der Waals surface area (Å²) in [6, 6.07) is 17.7. The number of nitrogens with one attached hydrogen (secondary N) is 1. The van der Waals surface area contributed by atoms with Gasteiger partial charge in [-0.25, -0.2) is 0 Å². The van der Waals surface area contributed by atoms with Gasteiger partial charge >= 0.3 is 0 Å². The number of benzene rings is 2. The van der Waals surface area contributed by atoms with Gasteiger partial charge in [-0.3, -0.25) is 4.79 Å². The number of aromatic nitrogens is 1. The number of aromatic amines is 1. The molecule has 0 radical (unpaired) electrons. The molecule has 1 aromatic heterocycles. The number of hydrogen-bond donors (Lipinski definition) is 1. The maximum absolute atomic E-state index is 10.3.